The molecule has 0 unspecified atom stereocenters. The summed E-state index contributed by atoms with van der Waals surface area (Å²) in [4.78, 5) is 31.8. The lowest BCUT2D eigenvalue weighted by molar-refractivity contribution is -0.142. The highest BCUT2D eigenvalue weighted by molar-refractivity contribution is 8.02. The van der Waals surface area contributed by atoms with Crippen LogP contribution in [0.1, 0.15) is 29.9 Å². The van der Waals surface area contributed by atoms with Gasteiger partial charge in [0.1, 0.15) is 0 Å². The second-order valence-corrected chi connectivity index (χ2v) is 7.90. The Kier molecular flexibility index (Phi) is 5.55. The number of ether oxygens (including phenoxy) is 1. The summed E-state index contributed by atoms with van der Waals surface area (Å²) in [5.74, 6) is -0.225. The van der Waals surface area contributed by atoms with Gasteiger partial charge in [-0.15, -0.1) is 11.3 Å². The number of thiazole rings is 1. The highest BCUT2D eigenvalue weighted by Crippen LogP contribution is 2.30. The quantitative estimate of drug-likeness (QED) is 0.383. The first-order valence-electron chi connectivity index (χ1n) is 7.95. The van der Waals surface area contributed by atoms with Crippen molar-refractivity contribution in [3.8, 4) is 0 Å². The van der Waals surface area contributed by atoms with Crippen molar-refractivity contribution in [2.45, 2.75) is 29.9 Å². The number of hydrogen-bond acceptors (Lipinski definition) is 6. The number of nitrogens with zero attached hydrogens (tertiary/aromatic N) is 1. The lowest BCUT2D eigenvalue weighted by Crippen LogP contribution is -2.13. The molecule has 3 aromatic rings. The van der Waals surface area contributed by atoms with Crippen LogP contribution in [-0.4, -0.2) is 33.6 Å². The van der Waals surface area contributed by atoms with Gasteiger partial charge in [0.2, 0.25) is 0 Å². The Balaban J connectivity index is 1.68. The molecule has 5 nitrogen and oxygen atoms in total. The van der Waals surface area contributed by atoms with Gasteiger partial charge in [0.25, 0.3) is 0 Å². The van der Waals surface area contributed by atoms with E-state index >= 15 is 0 Å². The summed E-state index contributed by atoms with van der Waals surface area (Å²) in [6.07, 6.45) is 1.92. The van der Waals surface area contributed by atoms with Gasteiger partial charge in [0.05, 0.1) is 24.0 Å². The number of H-pyrrole nitrogens is 1. The van der Waals surface area contributed by atoms with Crippen molar-refractivity contribution in [2.75, 3.05) is 6.61 Å². The van der Waals surface area contributed by atoms with Crippen LogP contribution in [-0.2, 0) is 16.0 Å². The fraction of sp³-hybridized carbons (Fsp3) is 0.278. The first-order chi connectivity index (χ1) is 12.1. The Morgan fingerprint density at radius 1 is 1.36 bits per heavy atom. The molecule has 0 aliphatic heterocycles. The molecule has 2 aromatic heterocycles. The zero-order valence-electron chi connectivity index (χ0n) is 13.9. The van der Waals surface area contributed by atoms with Crippen LogP contribution in [0.25, 0.3) is 10.9 Å². The maximum absolute atomic E-state index is 12.8. The maximum atomic E-state index is 12.8. The van der Waals surface area contributed by atoms with Crippen LogP contribution in [0.4, 0.5) is 0 Å². The summed E-state index contributed by atoms with van der Waals surface area (Å²) >= 11 is 2.85. The van der Waals surface area contributed by atoms with Crippen LogP contribution in [0.3, 0.4) is 0 Å². The number of aromatic amines is 1. The zero-order chi connectivity index (χ0) is 17.8. The van der Waals surface area contributed by atoms with Crippen molar-refractivity contribution in [3.63, 3.8) is 0 Å². The Labute approximate surface area is 153 Å². The highest BCUT2D eigenvalue weighted by atomic mass is 32.2. The molecule has 1 aromatic carbocycles. The van der Waals surface area contributed by atoms with E-state index in [1.807, 2.05) is 36.6 Å². The van der Waals surface area contributed by atoms with Crippen LogP contribution < -0.4 is 0 Å². The third kappa shape index (κ3) is 4.11. The lowest BCUT2D eigenvalue weighted by atomic mass is 10.1. The molecule has 7 heteroatoms. The molecular weight excluding hydrogens is 356 g/mol. The fourth-order valence-electron chi connectivity index (χ4n) is 2.48. The van der Waals surface area contributed by atoms with E-state index in [1.165, 1.54) is 23.1 Å². The van der Waals surface area contributed by atoms with Crippen LogP contribution in [0, 0.1) is 0 Å². The van der Waals surface area contributed by atoms with E-state index in [0.717, 1.165) is 15.2 Å². The molecule has 1 atom stereocenters. The van der Waals surface area contributed by atoms with Gasteiger partial charge in [0.15, 0.2) is 10.1 Å². The number of aromatic nitrogens is 2. The van der Waals surface area contributed by atoms with E-state index < -0.39 is 0 Å². The predicted octanol–water partition coefficient (Wildman–Crippen LogP) is 4.09. The third-order valence-corrected chi connectivity index (χ3v) is 5.78. The van der Waals surface area contributed by atoms with E-state index in [4.69, 9.17) is 4.74 Å². The first-order valence-corrected chi connectivity index (χ1v) is 9.71. The van der Waals surface area contributed by atoms with E-state index in [1.54, 1.807) is 13.1 Å². The van der Waals surface area contributed by atoms with Gasteiger partial charge < -0.3 is 9.72 Å². The Bertz CT molecular complexity index is 901. The summed E-state index contributed by atoms with van der Waals surface area (Å²) in [5.41, 5.74) is 2.32. The lowest BCUT2D eigenvalue weighted by Gasteiger charge is -2.07. The van der Waals surface area contributed by atoms with Gasteiger partial charge in [-0.25, -0.2) is 4.98 Å². The van der Waals surface area contributed by atoms with Crippen LogP contribution in [0.15, 0.2) is 40.2 Å². The molecule has 0 bridgehead atoms. The van der Waals surface area contributed by atoms with E-state index in [0.29, 0.717) is 17.9 Å². The molecule has 130 valence electrons. The fourth-order valence-corrected chi connectivity index (χ4v) is 4.53. The number of fused-ring (bicyclic) bond motifs is 1. The molecule has 0 saturated heterocycles. The van der Waals surface area contributed by atoms with Crippen molar-refractivity contribution >= 4 is 45.8 Å². The SMILES string of the molecule is CCOC(=O)Cc1csc(S[C@H](C)C(=O)c2c[nH]c3ccccc23)n1. The van der Waals surface area contributed by atoms with Gasteiger partial charge in [-0.3, -0.25) is 9.59 Å². The maximum Gasteiger partial charge on any atom is 0.311 e. The number of benzene rings is 1. The van der Waals surface area contributed by atoms with Crippen molar-refractivity contribution in [1.82, 2.24) is 9.97 Å². The molecule has 0 amide bonds. The highest BCUT2D eigenvalue weighted by Gasteiger charge is 2.21. The van der Waals surface area contributed by atoms with E-state index in [2.05, 4.69) is 9.97 Å². The molecular formula is C18H18N2O3S2. The number of hydrogen-bond donors (Lipinski definition) is 1. The Morgan fingerprint density at radius 2 is 2.16 bits per heavy atom. The van der Waals surface area contributed by atoms with Crippen molar-refractivity contribution in [3.05, 3.63) is 47.1 Å². The summed E-state index contributed by atoms with van der Waals surface area (Å²) in [5, 5.41) is 2.50. The summed E-state index contributed by atoms with van der Waals surface area (Å²) in [6.45, 7) is 4.01. The first kappa shape index (κ1) is 17.7. The Hall–Kier alpha value is -2.12. The van der Waals surface area contributed by atoms with Crippen molar-refractivity contribution in [1.29, 1.82) is 0 Å². The number of carbonyl (C=O) groups is 2. The molecule has 2 heterocycles. The minimum Gasteiger partial charge on any atom is -0.466 e. The van der Waals surface area contributed by atoms with Crippen LogP contribution in [0.2, 0.25) is 0 Å². The number of carbonyl (C=O) groups excluding carboxylic acids is 2. The van der Waals surface area contributed by atoms with Gasteiger partial charge in [0, 0.05) is 28.0 Å². The summed E-state index contributed by atoms with van der Waals surface area (Å²) < 4.78 is 5.70. The molecule has 0 fully saturated rings. The number of para-hydroxylation sites is 1. The molecule has 0 saturated carbocycles. The van der Waals surface area contributed by atoms with Crippen molar-refractivity contribution < 1.29 is 14.3 Å². The number of ketones is 1. The number of rotatable bonds is 7. The number of nitrogens with one attached hydrogen (secondary N) is 1. The van der Waals surface area contributed by atoms with E-state index in [9.17, 15) is 9.59 Å². The largest absolute Gasteiger partial charge is 0.466 e. The van der Waals surface area contributed by atoms with Crippen LogP contribution in [0.5, 0.6) is 0 Å². The normalized spacial score (nSPS) is 12.2. The summed E-state index contributed by atoms with van der Waals surface area (Å²) in [7, 11) is 0. The van der Waals surface area contributed by atoms with Gasteiger partial charge in [-0.1, -0.05) is 30.0 Å². The molecule has 0 spiro atoms. The zero-order valence-corrected chi connectivity index (χ0v) is 15.6. The number of esters is 1. The smallest absolute Gasteiger partial charge is 0.311 e. The van der Waals surface area contributed by atoms with Gasteiger partial charge in [-0.2, -0.15) is 0 Å². The van der Waals surface area contributed by atoms with Crippen LogP contribution >= 0.6 is 23.1 Å². The molecule has 1 N–H and O–H groups in total. The minimum absolute atomic E-state index is 0.0598. The molecule has 0 aliphatic rings. The second kappa shape index (κ2) is 7.84. The molecule has 0 aliphatic carbocycles. The Morgan fingerprint density at radius 3 is 2.96 bits per heavy atom. The standard InChI is InChI=1S/C18H18N2O3S2/c1-3-23-16(21)8-12-10-24-18(20-12)25-11(2)17(22)14-9-19-15-7-5-4-6-13(14)15/h4-7,9-11,19H,3,8H2,1-2H3/t11-/m1/s1. The average Bonchev–Trinajstić information content (AvgIpc) is 3.21. The van der Waals surface area contributed by atoms with Gasteiger partial charge >= 0.3 is 5.97 Å². The predicted molar refractivity (Wildman–Crippen MR) is 100 cm³/mol. The van der Waals surface area contributed by atoms with Crippen molar-refractivity contribution in [2.24, 2.45) is 0 Å². The average molecular weight is 374 g/mol. The van der Waals surface area contributed by atoms with Gasteiger partial charge in [-0.05, 0) is 19.9 Å². The monoisotopic (exact) mass is 374 g/mol. The molecule has 25 heavy (non-hydrogen) atoms. The third-order valence-electron chi connectivity index (χ3n) is 3.66. The second-order valence-electron chi connectivity index (χ2n) is 5.46. The topological polar surface area (TPSA) is 72.1 Å². The molecule has 3 rings (SSSR count). The molecule has 0 radical (unpaired) electrons. The van der Waals surface area contributed by atoms with E-state index in [-0.39, 0.29) is 23.4 Å². The number of Topliss-reactive ketones (excluding diaryl/α,β-unsaturated/α-hetero) is 1. The summed E-state index contributed by atoms with van der Waals surface area (Å²) in [6, 6.07) is 7.75. The number of thioether (sulfide) groups is 1. The minimum atomic E-state index is -0.285.